The Kier molecular flexibility index (Phi) is 3.47. The van der Waals surface area contributed by atoms with E-state index in [-0.39, 0.29) is 0 Å². The molecule has 4 rings (SSSR count). The molecule has 0 fully saturated rings. The van der Waals surface area contributed by atoms with Crippen LogP contribution in [0.2, 0.25) is 0 Å². The van der Waals surface area contributed by atoms with E-state index in [2.05, 4.69) is 96.4 Å². The summed E-state index contributed by atoms with van der Waals surface area (Å²) in [6, 6.07) is 28.2. The number of aryl methyl sites for hydroxylation is 1. The highest BCUT2D eigenvalue weighted by molar-refractivity contribution is 5.72. The van der Waals surface area contributed by atoms with Gasteiger partial charge >= 0.3 is 0 Å². The van der Waals surface area contributed by atoms with Crippen LogP contribution in [0.3, 0.4) is 0 Å². The number of hydrogen-bond acceptors (Lipinski definition) is 0. The predicted molar refractivity (Wildman–Crippen MR) is 96.8 cm³/mol. The monoisotopic (exact) mass is 297 g/mol. The molecule has 0 amide bonds. The summed E-state index contributed by atoms with van der Waals surface area (Å²) in [5.41, 5.74) is 7.82. The fraction of sp³-hybridized carbons (Fsp3) is 0.0909. The zero-order valence-electron chi connectivity index (χ0n) is 13.2. The first-order chi connectivity index (χ1) is 11.3. The lowest BCUT2D eigenvalue weighted by molar-refractivity contribution is 1.15. The molecule has 0 unspecified atom stereocenters. The molecular formula is C22H19N. The number of benzene rings is 2. The van der Waals surface area contributed by atoms with Crippen molar-refractivity contribution >= 4 is 5.52 Å². The summed E-state index contributed by atoms with van der Waals surface area (Å²) in [5.74, 6) is 0. The summed E-state index contributed by atoms with van der Waals surface area (Å²) in [7, 11) is 0. The fourth-order valence-corrected chi connectivity index (χ4v) is 3.16. The Labute approximate surface area is 136 Å². The van der Waals surface area contributed by atoms with Crippen molar-refractivity contribution < 1.29 is 0 Å². The third-order valence-electron chi connectivity index (χ3n) is 4.32. The van der Waals surface area contributed by atoms with Gasteiger partial charge in [0.1, 0.15) is 0 Å². The zero-order chi connectivity index (χ0) is 15.6. The molecule has 0 N–H and O–H groups in total. The standard InChI is InChI=1S/C22H19N/c1-17-10-12-18(13-11-17)15-20-16-21-9-5-6-14-23(21)22(20)19-7-3-2-4-8-19/h2-14,16H,15H2,1H3. The highest BCUT2D eigenvalue weighted by atomic mass is 14.9. The van der Waals surface area contributed by atoms with Crippen molar-refractivity contribution in [3.8, 4) is 11.3 Å². The molecule has 0 aliphatic heterocycles. The Balaban J connectivity index is 1.87. The first kappa shape index (κ1) is 13.8. The van der Waals surface area contributed by atoms with Gasteiger partial charge in [-0.2, -0.15) is 0 Å². The number of aromatic nitrogens is 1. The third kappa shape index (κ3) is 2.66. The third-order valence-corrected chi connectivity index (χ3v) is 4.32. The number of fused-ring (bicyclic) bond motifs is 1. The van der Waals surface area contributed by atoms with Gasteiger partial charge in [-0.1, -0.05) is 66.2 Å². The second-order valence-electron chi connectivity index (χ2n) is 6.04. The summed E-state index contributed by atoms with van der Waals surface area (Å²) in [4.78, 5) is 0. The molecule has 0 saturated heterocycles. The quantitative estimate of drug-likeness (QED) is 0.470. The van der Waals surface area contributed by atoms with E-state index in [9.17, 15) is 0 Å². The van der Waals surface area contributed by atoms with Gasteiger partial charge in [-0.05, 0) is 48.2 Å². The van der Waals surface area contributed by atoms with Crippen LogP contribution in [0.1, 0.15) is 16.7 Å². The molecule has 2 heterocycles. The van der Waals surface area contributed by atoms with Crippen LogP contribution in [0, 0.1) is 6.92 Å². The number of hydrogen-bond donors (Lipinski definition) is 0. The van der Waals surface area contributed by atoms with E-state index in [0.717, 1.165) is 6.42 Å². The highest BCUT2D eigenvalue weighted by Crippen LogP contribution is 2.29. The Morgan fingerprint density at radius 2 is 1.52 bits per heavy atom. The van der Waals surface area contributed by atoms with Crippen LogP contribution in [-0.2, 0) is 6.42 Å². The number of pyridine rings is 1. The summed E-state index contributed by atoms with van der Waals surface area (Å²) in [5, 5.41) is 0. The van der Waals surface area contributed by atoms with E-state index in [1.165, 1.54) is 33.5 Å². The molecule has 0 radical (unpaired) electrons. The second-order valence-corrected chi connectivity index (χ2v) is 6.04. The lowest BCUT2D eigenvalue weighted by Crippen LogP contribution is -1.93. The molecule has 1 heteroatoms. The van der Waals surface area contributed by atoms with E-state index < -0.39 is 0 Å². The Morgan fingerprint density at radius 1 is 0.783 bits per heavy atom. The van der Waals surface area contributed by atoms with Gasteiger partial charge in [-0.15, -0.1) is 0 Å². The molecule has 2 aromatic carbocycles. The van der Waals surface area contributed by atoms with E-state index in [1.807, 2.05) is 0 Å². The van der Waals surface area contributed by atoms with Crippen LogP contribution in [0.5, 0.6) is 0 Å². The van der Waals surface area contributed by atoms with Gasteiger partial charge in [-0.3, -0.25) is 0 Å². The molecule has 0 saturated carbocycles. The summed E-state index contributed by atoms with van der Waals surface area (Å²) in [6.45, 7) is 2.13. The Hall–Kier alpha value is -2.80. The molecule has 2 aromatic heterocycles. The summed E-state index contributed by atoms with van der Waals surface area (Å²) in [6.07, 6.45) is 3.10. The van der Waals surface area contributed by atoms with Crippen LogP contribution in [0.15, 0.2) is 85.1 Å². The molecule has 0 aliphatic rings. The van der Waals surface area contributed by atoms with Crippen LogP contribution in [-0.4, -0.2) is 4.40 Å². The molecule has 1 nitrogen and oxygen atoms in total. The first-order valence-corrected chi connectivity index (χ1v) is 8.01. The van der Waals surface area contributed by atoms with Crippen molar-refractivity contribution in [1.82, 2.24) is 4.40 Å². The maximum absolute atomic E-state index is 2.31. The molecule has 4 aromatic rings. The van der Waals surface area contributed by atoms with Gasteiger partial charge in [0.05, 0.1) is 5.69 Å². The lowest BCUT2D eigenvalue weighted by Gasteiger charge is -2.08. The van der Waals surface area contributed by atoms with Gasteiger partial charge in [0.2, 0.25) is 0 Å². The highest BCUT2D eigenvalue weighted by Gasteiger charge is 2.12. The van der Waals surface area contributed by atoms with Crippen molar-refractivity contribution in [2.75, 3.05) is 0 Å². The average molecular weight is 297 g/mol. The van der Waals surface area contributed by atoms with Crippen molar-refractivity contribution in [2.24, 2.45) is 0 Å². The van der Waals surface area contributed by atoms with E-state index in [4.69, 9.17) is 0 Å². The smallest absolute Gasteiger partial charge is 0.0563 e. The van der Waals surface area contributed by atoms with Crippen LogP contribution in [0.4, 0.5) is 0 Å². The molecular weight excluding hydrogens is 278 g/mol. The van der Waals surface area contributed by atoms with E-state index in [1.54, 1.807) is 0 Å². The number of nitrogens with zero attached hydrogens (tertiary/aromatic N) is 1. The van der Waals surface area contributed by atoms with Crippen molar-refractivity contribution in [3.05, 3.63) is 102 Å². The number of rotatable bonds is 3. The van der Waals surface area contributed by atoms with Gasteiger partial charge in [-0.25, -0.2) is 0 Å². The fourth-order valence-electron chi connectivity index (χ4n) is 3.16. The molecule has 0 aliphatic carbocycles. The zero-order valence-corrected chi connectivity index (χ0v) is 13.2. The minimum Gasteiger partial charge on any atom is -0.316 e. The molecule has 112 valence electrons. The maximum Gasteiger partial charge on any atom is 0.0563 e. The largest absolute Gasteiger partial charge is 0.316 e. The molecule has 0 atom stereocenters. The first-order valence-electron chi connectivity index (χ1n) is 8.01. The van der Waals surface area contributed by atoms with Gasteiger partial charge < -0.3 is 4.40 Å². The summed E-state index contributed by atoms with van der Waals surface area (Å²) < 4.78 is 2.29. The van der Waals surface area contributed by atoms with Crippen molar-refractivity contribution in [1.29, 1.82) is 0 Å². The maximum atomic E-state index is 2.31. The molecule has 23 heavy (non-hydrogen) atoms. The molecule has 0 bridgehead atoms. The van der Waals surface area contributed by atoms with Gasteiger partial charge in [0, 0.05) is 11.7 Å². The van der Waals surface area contributed by atoms with Crippen LogP contribution >= 0.6 is 0 Å². The lowest BCUT2D eigenvalue weighted by atomic mass is 10.0. The summed E-state index contributed by atoms with van der Waals surface area (Å²) >= 11 is 0. The normalized spacial score (nSPS) is 11.0. The Bertz CT molecular complexity index is 931. The van der Waals surface area contributed by atoms with E-state index >= 15 is 0 Å². The predicted octanol–water partition coefficient (Wildman–Crippen LogP) is 5.51. The van der Waals surface area contributed by atoms with Gasteiger partial charge in [0.15, 0.2) is 0 Å². The SMILES string of the molecule is Cc1ccc(Cc2cc3ccccn3c2-c2ccccc2)cc1. The minimum atomic E-state index is 0.951. The second kappa shape index (κ2) is 5.77. The topological polar surface area (TPSA) is 4.41 Å². The van der Waals surface area contributed by atoms with Gasteiger partial charge in [0.25, 0.3) is 0 Å². The minimum absolute atomic E-state index is 0.951. The molecule has 0 spiro atoms. The van der Waals surface area contributed by atoms with Crippen LogP contribution < -0.4 is 0 Å². The average Bonchev–Trinajstić information content (AvgIpc) is 2.95. The van der Waals surface area contributed by atoms with Crippen LogP contribution in [0.25, 0.3) is 16.8 Å². The Morgan fingerprint density at radius 3 is 2.30 bits per heavy atom. The van der Waals surface area contributed by atoms with E-state index in [0.29, 0.717) is 0 Å². The van der Waals surface area contributed by atoms with Crippen molar-refractivity contribution in [3.63, 3.8) is 0 Å². The van der Waals surface area contributed by atoms with Crippen molar-refractivity contribution in [2.45, 2.75) is 13.3 Å².